The molecule has 8 nitrogen and oxygen atoms in total. The molecule has 0 aliphatic carbocycles. The van der Waals surface area contributed by atoms with Gasteiger partial charge in [-0.1, -0.05) is 0 Å². The van der Waals surface area contributed by atoms with Crippen LogP contribution in [0, 0.1) is 18.6 Å². The van der Waals surface area contributed by atoms with E-state index in [2.05, 4.69) is 25.6 Å². The smallest absolute Gasteiger partial charge is 0.269 e. The maximum absolute atomic E-state index is 14.9. The summed E-state index contributed by atoms with van der Waals surface area (Å²) < 4.78 is 29.5. The van der Waals surface area contributed by atoms with Crippen molar-refractivity contribution in [1.29, 1.82) is 0 Å². The summed E-state index contributed by atoms with van der Waals surface area (Å²) in [4.78, 5) is 35.9. The molecule has 1 fully saturated rings. The number of hydrogen-bond acceptors (Lipinski definition) is 6. The van der Waals surface area contributed by atoms with Gasteiger partial charge in [0.05, 0.1) is 17.4 Å². The Morgan fingerprint density at radius 1 is 1.35 bits per heavy atom. The number of aromatic amines is 1. The first-order valence-electron chi connectivity index (χ1n) is 9.90. The maximum atomic E-state index is 14.9. The van der Waals surface area contributed by atoms with Gasteiger partial charge in [-0.3, -0.25) is 14.5 Å². The lowest BCUT2D eigenvalue weighted by Crippen LogP contribution is -2.27. The van der Waals surface area contributed by atoms with Gasteiger partial charge in [0.25, 0.3) is 11.5 Å². The van der Waals surface area contributed by atoms with E-state index in [0.29, 0.717) is 18.8 Å². The second-order valence-corrected chi connectivity index (χ2v) is 7.57. The Morgan fingerprint density at radius 3 is 2.87 bits per heavy atom. The Balaban J connectivity index is 1.45. The number of H-pyrrole nitrogens is 1. The molecule has 10 heteroatoms. The van der Waals surface area contributed by atoms with Crippen molar-refractivity contribution < 1.29 is 13.6 Å². The Bertz CT molecular complexity index is 1200. The van der Waals surface area contributed by atoms with Crippen molar-refractivity contribution in [1.82, 2.24) is 25.2 Å². The van der Waals surface area contributed by atoms with E-state index in [0.717, 1.165) is 18.2 Å². The average molecular weight is 428 g/mol. The Hall–Kier alpha value is -3.40. The zero-order valence-electron chi connectivity index (χ0n) is 17.1. The van der Waals surface area contributed by atoms with Crippen LogP contribution >= 0.6 is 0 Å². The zero-order chi connectivity index (χ0) is 22.1. The van der Waals surface area contributed by atoms with Crippen LogP contribution in [0.2, 0.25) is 0 Å². The van der Waals surface area contributed by atoms with Crippen molar-refractivity contribution in [3.63, 3.8) is 0 Å². The van der Waals surface area contributed by atoms with E-state index in [9.17, 15) is 18.4 Å². The van der Waals surface area contributed by atoms with E-state index in [-0.39, 0.29) is 40.8 Å². The first-order chi connectivity index (χ1) is 14.9. The normalized spacial score (nSPS) is 16.6. The summed E-state index contributed by atoms with van der Waals surface area (Å²) in [7, 11) is 1.54. The number of anilines is 1. The van der Waals surface area contributed by atoms with Gasteiger partial charge < -0.3 is 15.6 Å². The summed E-state index contributed by atoms with van der Waals surface area (Å²) in [6, 6.07) is 4.63. The number of amides is 1. The van der Waals surface area contributed by atoms with Crippen LogP contribution in [0.3, 0.4) is 0 Å². The quantitative estimate of drug-likeness (QED) is 0.574. The third kappa shape index (κ3) is 4.24. The number of halogens is 2. The maximum Gasteiger partial charge on any atom is 0.269 e. The first kappa shape index (κ1) is 20.9. The van der Waals surface area contributed by atoms with Crippen molar-refractivity contribution in [3.05, 3.63) is 63.3 Å². The molecule has 1 saturated heterocycles. The van der Waals surface area contributed by atoms with Crippen LogP contribution in [0.25, 0.3) is 11.0 Å². The van der Waals surface area contributed by atoms with Crippen LogP contribution in [-0.2, 0) is 6.54 Å². The topological polar surface area (TPSA) is 103 Å². The van der Waals surface area contributed by atoms with Crippen LogP contribution in [0.5, 0.6) is 0 Å². The SMILES string of the molecule is CNC(=O)c1ccc(NC2CCN(Cc3c(F)cc4nc(C)c(=O)[nH]c4c3F)C2)cn1. The summed E-state index contributed by atoms with van der Waals surface area (Å²) >= 11 is 0. The van der Waals surface area contributed by atoms with Crippen molar-refractivity contribution in [2.45, 2.75) is 25.9 Å². The molecule has 1 amide bonds. The lowest BCUT2D eigenvalue weighted by atomic mass is 10.1. The fourth-order valence-corrected chi connectivity index (χ4v) is 3.73. The number of pyridine rings is 1. The largest absolute Gasteiger partial charge is 0.380 e. The van der Waals surface area contributed by atoms with Crippen molar-refractivity contribution in [2.24, 2.45) is 0 Å². The molecule has 3 N–H and O–H groups in total. The van der Waals surface area contributed by atoms with Crippen LogP contribution < -0.4 is 16.2 Å². The van der Waals surface area contributed by atoms with Crippen LogP contribution in [0.4, 0.5) is 14.5 Å². The van der Waals surface area contributed by atoms with Gasteiger partial charge in [-0.15, -0.1) is 0 Å². The summed E-state index contributed by atoms with van der Waals surface area (Å²) in [5.74, 6) is -1.73. The number of fused-ring (bicyclic) bond motifs is 1. The number of nitrogens with one attached hydrogen (secondary N) is 3. The van der Waals surface area contributed by atoms with Gasteiger partial charge in [0, 0.05) is 44.4 Å². The van der Waals surface area contributed by atoms with E-state index in [4.69, 9.17) is 0 Å². The molecule has 162 valence electrons. The molecule has 2 aromatic heterocycles. The number of carbonyl (C=O) groups is 1. The summed E-state index contributed by atoms with van der Waals surface area (Å²) in [5, 5.41) is 5.85. The molecule has 3 heterocycles. The molecule has 1 aliphatic rings. The number of hydrogen-bond donors (Lipinski definition) is 3. The lowest BCUT2D eigenvalue weighted by Gasteiger charge is -2.18. The fraction of sp³-hybridized carbons (Fsp3) is 0.333. The predicted octanol–water partition coefficient (Wildman–Crippen LogP) is 1.95. The summed E-state index contributed by atoms with van der Waals surface area (Å²) in [6.45, 7) is 2.80. The average Bonchev–Trinajstić information content (AvgIpc) is 3.20. The molecular weight excluding hydrogens is 406 g/mol. The predicted molar refractivity (Wildman–Crippen MR) is 112 cm³/mol. The van der Waals surface area contributed by atoms with E-state index < -0.39 is 17.2 Å². The highest BCUT2D eigenvalue weighted by atomic mass is 19.1. The zero-order valence-corrected chi connectivity index (χ0v) is 17.1. The van der Waals surface area contributed by atoms with E-state index >= 15 is 0 Å². The number of benzene rings is 1. The molecule has 1 aliphatic heterocycles. The van der Waals surface area contributed by atoms with Gasteiger partial charge in [0.1, 0.15) is 22.7 Å². The second-order valence-electron chi connectivity index (χ2n) is 7.57. The minimum Gasteiger partial charge on any atom is -0.380 e. The molecular formula is C21H22F2N6O2. The third-order valence-electron chi connectivity index (χ3n) is 5.40. The minimum absolute atomic E-state index is 0.0725. The van der Waals surface area contributed by atoms with Crippen LogP contribution in [0.1, 0.15) is 28.2 Å². The molecule has 4 rings (SSSR count). The van der Waals surface area contributed by atoms with Crippen molar-refractivity contribution in [2.75, 3.05) is 25.5 Å². The van der Waals surface area contributed by atoms with Gasteiger partial charge in [0.15, 0.2) is 5.82 Å². The number of carbonyl (C=O) groups excluding carboxylic acids is 1. The number of aromatic nitrogens is 3. The Labute approximate surface area is 176 Å². The van der Waals surface area contributed by atoms with Crippen molar-refractivity contribution in [3.8, 4) is 0 Å². The summed E-state index contributed by atoms with van der Waals surface area (Å²) in [6.07, 6.45) is 2.37. The first-order valence-corrected chi connectivity index (χ1v) is 9.90. The van der Waals surface area contributed by atoms with Gasteiger partial charge >= 0.3 is 0 Å². The summed E-state index contributed by atoms with van der Waals surface area (Å²) in [5.41, 5.74) is 0.669. The molecule has 0 radical (unpaired) electrons. The molecule has 31 heavy (non-hydrogen) atoms. The molecule has 1 unspecified atom stereocenters. The van der Waals surface area contributed by atoms with E-state index in [1.54, 1.807) is 25.4 Å². The van der Waals surface area contributed by atoms with E-state index in [1.165, 1.54) is 6.92 Å². The standard InChI is InChI=1S/C21H22F2N6O2/c1-11-20(30)28-19-17(26-11)7-15(22)14(18(19)23)10-29-6-5-13(9-29)27-12-3-4-16(25-8-12)21(31)24-2/h3-4,7-8,13,27H,5-6,9-10H2,1-2H3,(H,24,31)(H,28,30). The van der Waals surface area contributed by atoms with Gasteiger partial charge in [-0.05, 0) is 25.5 Å². The van der Waals surface area contributed by atoms with Gasteiger partial charge in [0.2, 0.25) is 0 Å². The molecule has 0 saturated carbocycles. The number of likely N-dealkylation sites (tertiary alicyclic amines) is 1. The molecule has 1 atom stereocenters. The Kier molecular flexibility index (Phi) is 5.64. The molecule has 1 aromatic carbocycles. The fourth-order valence-electron chi connectivity index (χ4n) is 3.73. The highest BCUT2D eigenvalue weighted by Crippen LogP contribution is 2.24. The second kappa shape index (κ2) is 8.38. The number of rotatable bonds is 5. The lowest BCUT2D eigenvalue weighted by molar-refractivity contribution is 0.0958. The van der Waals surface area contributed by atoms with Crippen LogP contribution in [-0.4, -0.2) is 51.9 Å². The molecule has 0 spiro atoms. The molecule has 3 aromatic rings. The van der Waals surface area contributed by atoms with Gasteiger partial charge in [-0.2, -0.15) is 0 Å². The monoisotopic (exact) mass is 428 g/mol. The van der Waals surface area contributed by atoms with Crippen molar-refractivity contribution >= 4 is 22.6 Å². The van der Waals surface area contributed by atoms with Gasteiger partial charge in [-0.25, -0.2) is 18.7 Å². The van der Waals surface area contributed by atoms with E-state index in [1.807, 2.05) is 4.90 Å². The third-order valence-corrected chi connectivity index (χ3v) is 5.40. The number of aryl methyl sites for hydroxylation is 1. The molecule has 0 bridgehead atoms. The minimum atomic E-state index is -0.787. The highest BCUT2D eigenvalue weighted by Gasteiger charge is 2.25. The highest BCUT2D eigenvalue weighted by molar-refractivity contribution is 5.92. The number of nitrogens with zero attached hydrogens (tertiary/aromatic N) is 3. The Morgan fingerprint density at radius 2 is 2.16 bits per heavy atom. The van der Waals surface area contributed by atoms with Crippen LogP contribution in [0.15, 0.2) is 29.2 Å².